The van der Waals surface area contributed by atoms with Crippen LogP contribution >= 0.6 is 11.8 Å². The Labute approximate surface area is 140 Å². The van der Waals surface area contributed by atoms with Crippen molar-refractivity contribution in [2.75, 3.05) is 13.7 Å². The fraction of sp³-hybridized carbons (Fsp3) is 0.278. The van der Waals surface area contributed by atoms with Gasteiger partial charge in [0.05, 0.1) is 26.7 Å². The van der Waals surface area contributed by atoms with E-state index in [1.807, 2.05) is 54.6 Å². The number of hydrogen-bond donors (Lipinski definition) is 1. The minimum atomic E-state index is -0.820. The van der Waals surface area contributed by atoms with Gasteiger partial charge in [0.1, 0.15) is 5.75 Å². The Morgan fingerprint density at radius 2 is 1.83 bits per heavy atom. The van der Waals surface area contributed by atoms with E-state index in [0.29, 0.717) is 13.2 Å². The van der Waals surface area contributed by atoms with Gasteiger partial charge in [0.15, 0.2) is 0 Å². The topological polar surface area (TPSA) is 55.8 Å². The number of carboxylic acids is 1. The van der Waals surface area contributed by atoms with Crippen molar-refractivity contribution in [3.8, 4) is 5.75 Å². The van der Waals surface area contributed by atoms with Crippen LogP contribution in [0.25, 0.3) is 0 Å². The molecule has 5 heteroatoms. The average molecular weight is 332 g/mol. The predicted octanol–water partition coefficient (Wildman–Crippen LogP) is 3.85. The molecular weight excluding hydrogens is 312 g/mol. The number of thioether (sulfide) groups is 1. The third-order valence-electron chi connectivity index (χ3n) is 3.18. The van der Waals surface area contributed by atoms with E-state index in [1.54, 1.807) is 7.11 Å². The normalized spacial score (nSPS) is 11.9. The molecule has 2 rings (SSSR count). The van der Waals surface area contributed by atoms with Crippen molar-refractivity contribution in [2.24, 2.45) is 0 Å². The van der Waals surface area contributed by atoms with E-state index < -0.39 is 5.97 Å². The van der Waals surface area contributed by atoms with Crippen LogP contribution in [-0.4, -0.2) is 30.0 Å². The number of methoxy groups -OCH3 is 1. The van der Waals surface area contributed by atoms with Gasteiger partial charge in [-0.1, -0.05) is 30.3 Å². The molecule has 0 aliphatic heterocycles. The zero-order chi connectivity index (χ0) is 16.5. The van der Waals surface area contributed by atoms with Crippen molar-refractivity contribution in [3.63, 3.8) is 0 Å². The van der Waals surface area contributed by atoms with Gasteiger partial charge in [0.25, 0.3) is 0 Å². The number of ether oxygens (including phenoxy) is 2. The first-order valence-corrected chi connectivity index (χ1v) is 8.19. The van der Waals surface area contributed by atoms with Gasteiger partial charge in [-0.3, -0.25) is 4.79 Å². The maximum Gasteiger partial charge on any atom is 0.304 e. The summed E-state index contributed by atoms with van der Waals surface area (Å²) in [4.78, 5) is 12.0. The van der Waals surface area contributed by atoms with Crippen LogP contribution in [-0.2, 0) is 16.1 Å². The molecule has 0 aromatic heterocycles. The molecule has 0 saturated heterocycles. The molecule has 0 radical (unpaired) electrons. The first kappa shape index (κ1) is 17.4. The lowest BCUT2D eigenvalue weighted by Gasteiger charge is -2.15. The highest BCUT2D eigenvalue weighted by molar-refractivity contribution is 8.00. The van der Waals surface area contributed by atoms with Crippen LogP contribution in [0.1, 0.15) is 12.0 Å². The van der Waals surface area contributed by atoms with Crippen molar-refractivity contribution >= 4 is 17.7 Å². The summed E-state index contributed by atoms with van der Waals surface area (Å²) in [6, 6.07) is 17.4. The molecule has 2 aromatic carbocycles. The van der Waals surface area contributed by atoms with Gasteiger partial charge in [-0.25, -0.2) is 0 Å². The van der Waals surface area contributed by atoms with Crippen molar-refractivity contribution in [1.82, 2.24) is 0 Å². The second kappa shape index (κ2) is 9.22. The van der Waals surface area contributed by atoms with Gasteiger partial charge in [-0.15, -0.1) is 11.8 Å². The van der Waals surface area contributed by atoms with E-state index >= 15 is 0 Å². The average Bonchev–Trinajstić information content (AvgIpc) is 2.56. The second-order valence-electron chi connectivity index (χ2n) is 5.01. The van der Waals surface area contributed by atoms with Crippen LogP contribution in [0.2, 0.25) is 0 Å². The number of hydrogen-bond acceptors (Lipinski definition) is 4. The third kappa shape index (κ3) is 6.34. The smallest absolute Gasteiger partial charge is 0.304 e. The highest BCUT2D eigenvalue weighted by Gasteiger charge is 2.15. The van der Waals surface area contributed by atoms with Crippen LogP contribution in [0.15, 0.2) is 59.5 Å². The van der Waals surface area contributed by atoms with Crippen molar-refractivity contribution < 1.29 is 19.4 Å². The van der Waals surface area contributed by atoms with Crippen LogP contribution in [0.5, 0.6) is 5.75 Å². The SMILES string of the molecule is COc1ccc(S[C@@H](COCc2ccccc2)CC(=O)O)cc1. The Balaban J connectivity index is 1.89. The quantitative estimate of drug-likeness (QED) is 0.707. The van der Waals surface area contributed by atoms with Crippen LogP contribution < -0.4 is 4.74 Å². The molecule has 122 valence electrons. The van der Waals surface area contributed by atoms with E-state index in [9.17, 15) is 4.79 Å². The largest absolute Gasteiger partial charge is 0.497 e. The summed E-state index contributed by atoms with van der Waals surface area (Å²) in [5, 5.41) is 8.94. The second-order valence-corrected chi connectivity index (χ2v) is 6.39. The Morgan fingerprint density at radius 3 is 2.43 bits per heavy atom. The number of carbonyl (C=O) groups is 1. The summed E-state index contributed by atoms with van der Waals surface area (Å²) < 4.78 is 10.8. The molecule has 4 nitrogen and oxygen atoms in total. The van der Waals surface area contributed by atoms with Gasteiger partial charge in [-0.05, 0) is 29.8 Å². The lowest BCUT2D eigenvalue weighted by molar-refractivity contribution is -0.137. The molecule has 2 aromatic rings. The van der Waals surface area contributed by atoms with E-state index in [-0.39, 0.29) is 11.7 Å². The summed E-state index contributed by atoms with van der Waals surface area (Å²) in [6.45, 7) is 0.873. The van der Waals surface area contributed by atoms with E-state index in [0.717, 1.165) is 16.2 Å². The lowest BCUT2D eigenvalue weighted by atomic mass is 10.2. The van der Waals surface area contributed by atoms with Crippen molar-refractivity contribution in [1.29, 1.82) is 0 Å². The van der Waals surface area contributed by atoms with Crippen LogP contribution in [0, 0.1) is 0 Å². The maximum atomic E-state index is 11.0. The zero-order valence-corrected chi connectivity index (χ0v) is 13.8. The van der Waals surface area contributed by atoms with Gasteiger partial charge >= 0.3 is 5.97 Å². The third-order valence-corrected chi connectivity index (χ3v) is 4.36. The minimum Gasteiger partial charge on any atom is -0.497 e. The van der Waals surface area contributed by atoms with Crippen LogP contribution in [0.4, 0.5) is 0 Å². The predicted molar refractivity (Wildman–Crippen MR) is 91.0 cm³/mol. The first-order valence-electron chi connectivity index (χ1n) is 7.31. The summed E-state index contributed by atoms with van der Waals surface area (Å²) in [5.74, 6) is -0.0382. The Hall–Kier alpha value is -1.98. The summed E-state index contributed by atoms with van der Waals surface area (Å²) in [7, 11) is 1.62. The lowest BCUT2D eigenvalue weighted by Crippen LogP contribution is -2.16. The summed E-state index contributed by atoms with van der Waals surface area (Å²) in [6.07, 6.45) is 0.0610. The molecular formula is C18H20O4S. The van der Waals surface area contributed by atoms with Gasteiger partial charge in [0, 0.05) is 10.1 Å². The Morgan fingerprint density at radius 1 is 1.13 bits per heavy atom. The molecule has 0 fully saturated rings. The molecule has 0 aliphatic rings. The molecule has 23 heavy (non-hydrogen) atoms. The number of aliphatic carboxylic acids is 1. The number of carboxylic acid groups (broad SMARTS) is 1. The fourth-order valence-electron chi connectivity index (χ4n) is 2.06. The van der Waals surface area contributed by atoms with Crippen molar-refractivity contribution in [2.45, 2.75) is 23.2 Å². The van der Waals surface area contributed by atoms with Crippen molar-refractivity contribution in [3.05, 3.63) is 60.2 Å². The number of benzene rings is 2. The van der Waals surface area contributed by atoms with E-state index in [2.05, 4.69) is 0 Å². The zero-order valence-electron chi connectivity index (χ0n) is 13.0. The minimum absolute atomic E-state index is 0.0610. The monoisotopic (exact) mass is 332 g/mol. The molecule has 0 unspecified atom stereocenters. The fourth-order valence-corrected chi connectivity index (χ4v) is 3.13. The molecule has 0 spiro atoms. The maximum absolute atomic E-state index is 11.0. The molecule has 1 atom stereocenters. The standard InChI is InChI=1S/C18H20O4S/c1-21-15-7-9-16(10-8-15)23-17(11-18(19)20)13-22-12-14-5-3-2-4-6-14/h2-10,17H,11-13H2,1H3,(H,19,20)/t17-/m1/s1. The highest BCUT2D eigenvalue weighted by Crippen LogP contribution is 2.27. The van der Waals surface area contributed by atoms with E-state index in [4.69, 9.17) is 14.6 Å². The van der Waals surface area contributed by atoms with E-state index in [1.165, 1.54) is 11.8 Å². The molecule has 0 saturated carbocycles. The van der Waals surface area contributed by atoms with Crippen LogP contribution in [0.3, 0.4) is 0 Å². The molecule has 0 bridgehead atoms. The van der Waals surface area contributed by atoms with Gasteiger partial charge in [-0.2, -0.15) is 0 Å². The summed E-state index contributed by atoms with van der Waals surface area (Å²) in [5.41, 5.74) is 1.08. The van der Waals surface area contributed by atoms with Gasteiger partial charge < -0.3 is 14.6 Å². The molecule has 0 aliphatic carbocycles. The number of rotatable bonds is 9. The summed E-state index contributed by atoms with van der Waals surface area (Å²) >= 11 is 1.51. The Kier molecular flexibility index (Phi) is 6.97. The molecule has 0 heterocycles. The first-order chi connectivity index (χ1) is 11.2. The van der Waals surface area contributed by atoms with Gasteiger partial charge in [0.2, 0.25) is 0 Å². The Bertz CT molecular complexity index is 598. The molecule has 0 amide bonds. The molecule has 1 N–H and O–H groups in total. The highest BCUT2D eigenvalue weighted by atomic mass is 32.2.